The van der Waals surface area contributed by atoms with Crippen molar-refractivity contribution in [3.05, 3.63) is 0 Å². The van der Waals surface area contributed by atoms with E-state index in [1.165, 1.54) is 11.3 Å². The highest BCUT2D eigenvalue weighted by atomic mass is 16.2. The van der Waals surface area contributed by atoms with E-state index in [0.717, 1.165) is 19.5 Å². The molecule has 16 heavy (non-hydrogen) atoms. The zero-order chi connectivity index (χ0) is 11.7. The number of nitrogens with one attached hydrogen (secondary N) is 1. The van der Waals surface area contributed by atoms with E-state index in [1.807, 2.05) is 13.8 Å². The molecule has 2 amide bonds. The van der Waals surface area contributed by atoms with E-state index in [1.54, 1.807) is 0 Å². The van der Waals surface area contributed by atoms with Gasteiger partial charge >= 0.3 is 0 Å². The maximum Gasteiger partial charge on any atom is 0.232 e. The van der Waals surface area contributed by atoms with Crippen molar-refractivity contribution in [1.82, 2.24) is 10.2 Å². The summed E-state index contributed by atoms with van der Waals surface area (Å²) in [5.41, 5.74) is 0. The minimum Gasteiger partial charge on any atom is -0.316 e. The van der Waals surface area contributed by atoms with Crippen LogP contribution in [0.1, 0.15) is 26.7 Å². The molecule has 0 spiro atoms. The van der Waals surface area contributed by atoms with Gasteiger partial charge in [-0.1, -0.05) is 13.8 Å². The predicted molar refractivity (Wildman–Crippen MR) is 60.6 cm³/mol. The second-order valence-electron chi connectivity index (χ2n) is 5.05. The van der Waals surface area contributed by atoms with Crippen molar-refractivity contribution in [2.24, 2.45) is 17.8 Å². The normalized spacial score (nSPS) is 35.1. The Morgan fingerprint density at radius 1 is 1.25 bits per heavy atom. The Balaban J connectivity index is 1.89. The van der Waals surface area contributed by atoms with Crippen molar-refractivity contribution in [3.63, 3.8) is 0 Å². The Kier molecular flexibility index (Phi) is 3.28. The third-order valence-electron chi connectivity index (χ3n) is 3.98. The summed E-state index contributed by atoms with van der Waals surface area (Å²) in [6.45, 7) is 6.41. The van der Waals surface area contributed by atoms with Gasteiger partial charge in [-0.25, -0.2) is 0 Å². The molecule has 4 heteroatoms. The summed E-state index contributed by atoms with van der Waals surface area (Å²) < 4.78 is 0. The molecular weight excluding hydrogens is 204 g/mol. The molecule has 4 nitrogen and oxygen atoms in total. The molecule has 90 valence electrons. The smallest absolute Gasteiger partial charge is 0.232 e. The van der Waals surface area contributed by atoms with Gasteiger partial charge < -0.3 is 5.32 Å². The molecule has 0 aromatic heterocycles. The molecule has 0 radical (unpaired) electrons. The molecule has 2 heterocycles. The van der Waals surface area contributed by atoms with Crippen molar-refractivity contribution >= 4 is 11.8 Å². The van der Waals surface area contributed by atoms with Crippen LogP contribution in [-0.2, 0) is 9.59 Å². The highest BCUT2D eigenvalue weighted by Crippen LogP contribution is 2.26. The zero-order valence-corrected chi connectivity index (χ0v) is 10.0. The SMILES string of the molecule is CC1C(=O)N(CCC2CCNC2)C(=O)C1C. The van der Waals surface area contributed by atoms with Crippen LogP contribution in [0.3, 0.4) is 0 Å². The molecule has 0 saturated carbocycles. The lowest BCUT2D eigenvalue weighted by Crippen LogP contribution is -2.33. The molecule has 0 aromatic carbocycles. The first-order chi connectivity index (χ1) is 7.61. The fourth-order valence-electron chi connectivity index (χ4n) is 2.52. The summed E-state index contributed by atoms with van der Waals surface area (Å²) in [7, 11) is 0. The minimum atomic E-state index is -0.130. The highest BCUT2D eigenvalue weighted by molar-refractivity contribution is 6.04. The lowest BCUT2D eigenvalue weighted by molar-refractivity contribution is -0.139. The van der Waals surface area contributed by atoms with Crippen LogP contribution in [0.4, 0.5) is 0 Å². The maximum atomic E-state index is 11.8. The molecule has 3 unspecified atom stereocenters. The lowest BCUT2D eigenvalue weighted by Gasteiger charge is -2.16. The monoisotopic (exact) mass is 224 g/mol. The van der Waals surface area contributed by atoms with Gasteiger partial charge in [0.2, 0.25) is 11.8 Å². The van der Waals surface area contributed by atoms with Gasteiger partial charge in [-0.05, 0) is 31.8 Å². The van der Waals surface area contributed by atoms with E-state index in [9.17, 15) is 9.59 Å². The number of rotatable bonds is 3. The van der Waals surface area contributed by atoms with Crippen LogP contribution in [0.15, 0.2) is 0 Å². The van der Waals surface area contributed by atoms with Crippen molar-refractivity contribution in [1.29, 1.82) is 0 Å². The van der Waals surface area contributed by atoms with Gasteiger partial charge in [0.25, 0.3) is 0 Å². The van der Waals surface area contributed by atoms with E-state index < -0.39 is 0 Å². The number of likely N-dealkylation sites (tertiary alicyclic amines) is 1. The Morgan fingerprint density at radius 2 is 1.88 bits per heavy atom. The van der Waals surface area contributed by atoms with Crippen molar-refractivity contribution < 1.29 is 9.59 Å². The molecule has 2 fully saturated rings. The Bertz CT molecular complexity index is 277. The average molecular weight is 224 g/mol. The number of hydrogen-bond donors (Lipinski definition) is 1. The van der Waals surface area contributed by atoms with E-state index in [4.69, 9.17) is 0 Å². The van der Waals surface area contributed by atoms with E-state index in [-0.39, 0.29) is 23.7 Å². The number of imide groups is 1. The first-order valence-electron chi connectivity index (χ1n) is 6.17. The summed E-state index contributed by atoms with van der Waals surface area (Å²) in [4.78, 5) is 25.1. The number of nitrogens with zero attached hydrogens (tertiary/aromatic N) is 1. The average Bonchev–Trinajstić information content (AvgIpc) is 2.84. The first kappa shape index (κ1) is 11.6. The Hall–Kier alpha value is -0.900. The van der Waals surface area contributed by atoms with E-state index in [0.29, 0.717) is 12.5 Å². The number of carbonyl (C=O) groups excluding carboxylic acids is 2. The minimum absolute atomic E-state index is 0.0171. The second-order valence-corrected chi connectivity index (χ2v) is 5.05. The number of carbonyl (C=O) groups is 2. The third-order valence-corrected chi connectivity index (χ3v) is 3.98. The predicted octanol–water partition coefficient (Wildman–Crippen LogP) is 0.627. The fraction of sp³-hybridized carbons (Fsp3) is 0.833. The van der Waals surface area contributed by atoms with Gasteiger partial charge in [0.05, 0.1) is 0 Å². The molecule has 0 bridgehead atoms. The van der Waals surface area contributed by atoms with Crippen LogP contribution in [0, 0.1) is 17.8 Å². The number of amides is 2. The molecule has 2 saturated heterocycles. The summed E-state index contributed by atoms with van der Waals surface area (Å²) in [6.07, 6.45) is 2.12. The second kappa shape index (κ2) is 4.53. The summed E-state index contributed by atoms with van der Waals surface area (Å²) in [5, 5.41) is 3.30. The van der Waals surface area contributed by atoms with Gasteiger partial charge in [-0.15, -0.1) is 0 Å². The van der Waals surface area contributed by atoms with Gasteiger partial charge in [0.15, 0.2) is 0 Å². The number of hydrogen-bond acceptors (Lipinski definition) is 3. The maximum absolute atomic E-state index is 11.8. The van der Waals surface area contributed by atoms with Crippen molar-refractivity contribution in [2.75, 3.05) is 19.6 Å². The fourth-order valence-corrected chi connectivity index (χ4v) is 2.52. The van der Waals surface area contributed by atoms with Crippen LogP contribution in [0.5, 0.6) is 0 Å². The van der Waals surface area contributed by atoms with Gasteiger partial charge in [0, 0.05) is 18.4 Å². The largest absolute Gasteiger partial charge is 0.316 e. The van der Waals surface area contributed by atoms with Crippen LogP contribution in [0.2, 0.25) is 0 Å². The van der Waals surface area contributed by atoms with Gasteiger partial charge in [0.1, 0.15) is 0 Å². The van der Waals surface area contributed by atoms with Crippen LogP contribution in [-0.4, -0.2) is 36.3 Å². The topological polar surface area (TPSA) is 49.4 Å². The Morgan fingerprint density at radius 3 is 2.38 bits per heavy atom. The van der Waals surface area contributed by atoms with E-state index in [2.05, 4.69) is 5.32 Å². The van der Waals surface area contributed by atoms with Crippen LogP contribution < -0.4 is 5.32 Å². The molecular formula is C12H20N2O2. The first-order valence-corrected chi connectivity index (χ1v) is 6.17. The standard InChI is InChI=1S/C12H20N2O2/c1-8-9(2)12(16)14(11(8)15)6-4-10-3-5-13-7-10/h8-10,13H,3-7H2,1-2H3. The molecule has 1 N–H and O–H groups in total. The van der Waals surface area contributed by atoms with Gasteiger partial charge in [-0.2, -0.15) is 0 Å². The third kappa shape index (κ3) is 1.98. The summed E-state index contributed by atoms with van der Waals surface area (Å²) in [5.74, 6) is 0.405. The molecule has 0 aromatic rings. The van der Waals surface area contributed by atoms with Crippen LogP contribution >= 0.6 is 0 Å². The quantitative estimate of drug-likeness (QED) is 0.715. The molecule has 2 aliphatic heterocycles. The molecule has 3 atom stereocenters. The molecule has 0 aliphatic carbocycles. The lowest BCUT2D eigenvalue weighted by atomic mass is 10.00. The Labute approximate surface area is 96.4 Å². The highest BCUT2D eigenvalue weighted by Gasteiger charge is 2.41. The van der Waals surface area contributed by atoms with E-state index >= 15 is 0 Å². The van der Waals surface area contributed by atoms with Crippen molar-refractivity contribution in [2.45, 2.75) is 26.7 Å². The molecule has 2 rings (SSSR count). The summed E-state index contributed by atoms with van der Waals surface area (Å²) >= 11 is 0. The van der Waals surface area contributed by atoms with Crippen LogP contribution in [0.25, 0.3) is 0 Å². The van der Waals surface area contributed by atoms with Crippen molar-refractivity contribution in [3.8, 4) is 0 Å². The molecule has 2 aliphatic rings. The van der Waals surface area contributed by atoms with Gasteiger partial charge in [-0.3, -0.25) is 14.5 Å². The zero-order valence-electron chi connectivity index (χ0n) is 10.0. The summed E-state index contributed by atoms with van der Waals surface area (Å²) in [6, 6.07) is 0.